The molecule has 2 rings (SSSR count). The maximum Gasteiger partial charge on any atom is 0.116 e. The summed E-state index contributed by atoms with van der Waals surface area (Å²) in [7, 11) is 0. The minimum absolute atomic E-state index is 0.144. The third-order valence-corrected chi connectivity index (χ3v) is 3.92. The second kappa shape index (κ2) is 5.01. The van der Waals surface area contributed by atoms with Crippen molar-refractivity contribution in [2.45, 2.75) is 64.5 Å². The van der Waals surface area contributed by atoms with Crippen molar-refractivity contribution in [3.8, 4) is 0 Å². The van der Waals surface area contributed by atoms with Crippen molar-refractivity contribution < 1.29 is 9.13 Å². The molecule has 2 nitrogen and oxygen atoms in total. The average molecular weight is 229 g/mol. The first kappa shape index (κ1) is 12.3. The molecule has 1 aliphatic heterocycles. The Balaban J connectivity index is 1.95. The Labute approximate surface area is 98.1 Å². The van der Waals surface area contributed by atoms with Gasteiger partial charge in [-0.2, -0.15) is 0 Å². The molecule has 1 unspecified atom stereocenters. The van der Waals surface area contributed by atoms with Crippen LogP contribution in [0.15, 0.2) is 0 Å². The predicted molar refractivity (Wildman–Crippen MR) is 63.3 cm³/mol. The Morgan fingerprint density at radius 1 is 1.06 bits per heavy atom. The summed E-state index contributed by atoms with van der Waals surface area (Å²) >= 11 is 0. The van der Waals surface area contributed by atoms with Gasteiger partial charge >= 0.3 is 0 Å². The van der Waals surface area contributed by atoms with E-state index in [1.165, 1.54) is 6.42 Å². The third-order valence-electron chi connectivity index (χ3n) is 3.92. The van der Waals surface area contributed by atoms with E-state index in [4.69, 9.17) is 4.74 Å². The van der Waals surface area contributed by atoms with Gasteiger partial charge in [0.2, 0.25) is 0 Å². The van der Waals surface area contributed by atoms with Gasteiger partial charge < -0.3 is 4.74 Å². The highest BCUT2D eigenvalue weighted by Crippen LogP contribution is 2.31. The molecule has 0 N–H and O–H groups in total. The average Bonchev–Trinajstić information content (AvgIpc) is 2.15. The van der Waals surface area contributed by atoms with Crippen molar-refractivity contribution in [3.63, 3.8) is 0 Å². The first-order valence-electron chi connectivity index (χ1n) is 6.60. The summed E-state index contributed by atoms with van der Waals surface area (Å²) in [6, 6.07) is 0.144. The van der Waals surface area contributed by atoms with Gasteiger partial charge in [0.05, 0.1) is 12.2 Å². The zero-order valence-corrected chi connectivity index (χ0v) is 10.7. The lowest BCUT2D eigenvalue weighted by Gasteiger charge is -2.43. The molecule has 0 amide bonds. The Kier molecular flexibility index (Phi) is 3.85. The van der Waals surface area contributed by atoms with Gasteiger partial charge in [0, 0.05) is 19.1 Å². The quantitative estimate of drug-likeness (QED) is 0.685. The smallest absolute Gasteiger partial charge is 0.116 e. The molecule has 1 saturated heterocycles. The molecule has 5 atom stereocenters. The zero-order chi connectivity index (χ0) is 11.7. The van der Waals surface area contributed by atoms with E-state index >= 15 is 0 Å². The van der Waals surface area contributed by atoms with E-state index in [0.29, 0.717) is 5.92 Å². The van der Waals surface area contributed by atoms with Crippen molar-refractivity contribution in [2.24, 2.45) is 5.92 Å². The number of rotatable bonds is 1. The number of alkyl halides is 1. The van der Waals surface area contributed by atoms with Crippen LogP contribution in [0.25, 0.3) is 0 Å². The van der Waals surface area contributed by atoms with Crippen molar-refractivity contribution >= 4 is 0 Å². The van der Waals surface area contributed by atoms with Crippen LogP contribution in [0.3, 0.4) is 0 Å². The first-order chi connectivity index (χ1) is 7.56. The van der Waals surface area contributed by atoms with Crippen LogP contribution >= 0.6 is 0 Å². The van der Waals surface area contributed by atoms with Gasteiger partial charge in [-0.05, 0) is 39.0 Å². The topological polar surface area (TPSA) is 12.5 Å². The van der Waals surface area contributed by atoms with Crippen LogP contribution in [0.1, 0.15) is 40.0 Å². The molecule has 0 aromatic carbocycles. The summed E-state index contributed by atoms with van der Waals surface area (Å²) in [5.41, 5.74) is 0. The lowest BCUT2D eigenvalue weighted by molar-refractivity contribution is -0.0955. The number of morpholine rings is 1. The lowest BCUT2D eigenvalue weighted by atomic mass is 9.84. The fourth-order valence-electron chi connectivity index (χ4n) is 3.20. The second-order valence-corrected chi connectivity index (χ2v) is 5.71. The van der Waals surface area contributed by atoms with Crippen molar-refractivity contribution in [1.29, 1.82) is 0 Å². The summed E-state index contributed by atoms with van der Waals surface area (Å²) in [6.45, 7) is 8.11. The largest absolute Gasteiger partial charge is 0.373 e. The number of hydrogen-bond donors (Lipinski definition) is 0. The highest BCUT2D eigenvalue weighted by atomic mass is 19.1. The van der Waals surface area contributed by atoms with E-state index in [1.54, 1.807) is 0 Å². The number of hydrogen-bond acceptors (Lipinski definition) is 2. The van der Waals surface area contributed by atoms with Gasteiger partial charge in [-0.1, -0.05) is 6.92 Å². The number of ether oxygens (including phenoxy) is 1. The third kappa shape index (κ3) is 2.75. The molecule has 1 heterocycles. The van der Waals surface area contributed by atoms with E-state index < -0.39 is 6.17 Å². The van der Waals surface area contributed by atoms with E-state index in [-0.39, 0.29) is 18.2 Å². The maximum absolute atomic E-state index is 14.1. The Morgan fingerprint density at radius 2 is 1.69 bits per heavy atom. The molecule has 3 heteroatoms. The van der Waals surface area contributed by atoms with Gasteiger partial charge in [-0.15, -0.1) is 0 Å². The van der Waals surface area contributed by atoms with Crippen molar-refractivity contribution in [1.82, 2.24) is 4.90 Å². The Bertz CT molecular complexity index is 226. The van der Waals surface area contributed by atoms with Crippen LogP contribution in [0.5, 0.6) is 0 Å². The second-order valence-electron chi connectivity index (χ2n) is 5.71. The fraction of sp³-hybridized carbons (Fsp3) is 1.00. The highest BCUT2D eigenvalue weighted by Gasteiger charge is 2.36. The summed E-state index contributed by atoms with van der Waals surface area (Å²) in [6.07, 6.45) is 2.78. The standard InChI is InChI=1S/C13H24FNO/c1-9-4-5-13(12(14)6-9)15-7-10(2)16-11(3)8-15/h9-13H,4-8H2,1-3H3/t9?,10-,11+,12-,13+/m0/s1. The highest BCUT2D eigenvalue weighted by molar-refractivity contribution is 4.88. The molecular weight excluding hydrogens is 205 g/mol. The molecule has 0 aromatic heterocycles. The molecule has 2 aliphatic rings. The maximum atomic E-state index is 14.1. The summed E-state index contributed by atoms with van der Waals surface area (Å²) < 4.78 is 19.8. The molecule has 2 fully saturated rings. The molecule has 0 aromatic rings. The van der Waals surface area contributed by atoms with Crippen LogP contribution in [0.2, 0.25) is 0 Å². The first-order valence-corrected chi connectivity index (χ1v) is 6.60. The normalized spacial score (nSPS) is 46.9. The fourth-order valence-corrected chi connectivity index (χ4v) is 3.20. The van der Waals surface area contributed by atoms with E-state index in [2.05, 4.69) is 25.7 Å². The molecule has 0 radical (unpaired) electrons. The van der Waals surface area contributed by atoms with Crippen LogP contribution in [-0.2, 0) is 4.74 Å². The summed E-state index contributed by atoms with van der Waals surface area (Å²) in [4.78, 5) is 2.31. The van der Waals surface area contributed by atoms with Crippen LogP contribution in [-0.4, -0.2) is 42.4 Å². The SMILES string of the molecule is CC1CC[C@@H](N2C[C@@H](C)O[C@@H](C)C2)[C@@H](F)C1. The molecule has 1 aliphatic carbocycles. The van der Waals surface area contributed by atoms with Gasteiger partial charge in [-0.3, -0.25) is 4.90 Å². The molecule has 0 bridgehead atoms. The molecule has 1 saturated carbocycles. The van der Waals surface area contributed by atoms with E-state index in [9.17, 15) is 4.39 Å². The Hall–Kier alpha value is -0.150. The number of nitrogens with zero attached hydrogens (tertiary/aromatic N) is 1. The van der Waals surface area contributed by atoms with Crippen LogP contribution in [0, 0.1) is 5.92 Å². The molecule has 94 valence electrons. The summed E-state index contributed by atoms with van der Waals surface area (Å²) in [5.74, 6) is 0.558. The molecule has 0 spiro atoms. The monoisotopic (exact) mass is 229 g/mol. The van der Waals surface area contributed by atoms with Crippen LogP contribution in [0.4, 0.5) is 4.39 Å². The molecular formula is C13H24FNO. The molecule has 16 heavy (non-hydrogen) atoms. The van der Waals surface area contributed by atoms with Gasteiger partial charge in [-0.25, -0.2) is 4.39 Å². The van der Waals surface area contributed by atoms with Crippen molar-refractivity contribution in [2.75, 3.05) is 13.1 Å². The van der Waals surface area contributed by atoms with Crippen LogP contribution < -0.4 is 0 Å². The minimum Gasteiger partial charge on any atom is -0.373 e. The van der Waals surface area contributed by atoms with Crippen molar-refractivity contribution in [3.05, 3.63) is 0 Å². The summed E-state index contributed by atoms with van der Waals surface area (Å²) in [5, 5.41) is 0. The van der Waals surface area contributed by atoms with Gasteiger partial charge in [0.25, 0.3) is 0 Å². The van der Waals surface area contributed by atoms with E-state index in [0.717, 1.165) is 25.9 Å². The Morgan fingerprint density at radius 3 is 2.25 bits per heavy atom. The minimum atomic E-state index is -0.638. The predicted octanol–water partition coefficient (Wildman–Crippen LogP) is 2.62. The van der Waals surface area contributed by atoms with Gasteiger partial charge in [0.1, 0.15) is 6.17 Å². The van der Waals surface area contributed by atoms with Gasteiger partial charge in [0.15, 0.2) is 0 Å². The lowest BCUT2D eigenvalue weighted by Crippen LogP contribution is -2.54. The number of halogens is 1. The zero-order valence-electron chi connectivity index (χ0n) is 10.7. The van der Waals surface area contributed by atoms with E-state index in [1.807, 2.05) is 0 Å².